The summed E-state index contributed by atoms with van der Waals surface area (Å²) < 4.78 is 10.1. The fraction of sp³-hybridized carbons (Fsp3) is 1.00. The molecule has 0 amide bonds. The van der Waals surface area contributed by atoms with E-state index in [1.54, 1.807) is 0 Å². The standard InChI is InChI=1S/C8H18O3/c1-4-7(3)11-8(9)6-10-5-2/h7-9H,4-6H2,1-3H3. The normalized spacial score (nSPS) is 16.4. The molecule has 2 atom stereocenters. The number of ether oxygens (including phenoxy) is 2. The first kappa shape index (κ1) is 10.9. The number of aliphatic hydroxyl groups excluding tert-OH is 1. The average molecular weight is 162 g/mol. The molecule has 0 fully saturated rings. The Balaban J connectivity index is 3.27. The first-order valence-electron chi connectivity index (χ1n) is 4.12. The number of hydrogen-bond acceptors (Lipinski definition) is 3. The van der Waals surface area contributed by atoms with Crippen molar-refractivity contribution in [1.29, 1.82) is 0 Å². The Labute approximate surface area is 68.3 Å². The molecule has 0 aromatic carbocycles. The minimum Gasteiger partial charge on any atom is -0.376 e. The van der Waals surface area contributed by atoms with Gasteiger partial charge in [-0.1, -0.05) is 6.92 Å². The molecule has 0 radical (unpaired) electrons. The van der Waals surface area contributed by atoms with E-state index in [4.69, 9.17) is 14.6 Å². The van der Waals surface area contributed by atoms with Gasteiger partial charge >= 0.3 is 0 Å². The maximum Gasteiger partial charge on any atom is 0.178 e. The summed E-state index contributed by atoms with van der Waals surface area (Å²) in [6.07, 6.45) is 0.235. The fourth-order valence-electron chi connectivity index (χ4n) is 0.622. The molecule has 0 aliphatic heterocycles. The van der Waals surface area contributed by atoms with E-state index < -0.39 is 6.29 Å². The lowest BCUT2D eigenvalue weighted by Crippen LogP contribution is -2.23. The molecule has 0 bridgehead atoms. The zero-order valence-electron chi connectivity index (χ0n) is 7.54. The highest BCUT2D eigenvalue weighted by atomic mass is 16.6. The van der Waals surface area contributed by atoms with Crippen molar-refractivity contribution < 1.29 is 14.6 Å². The van der Waals surface area contributed by atoms with Gasteiger partial charge in [0.15, 0.2) is 6.29 Å². The van der Waals surface area contributed by atoms with Crippen LogP contribution in [0.3, 0.4) is 0 Å². The van der Waals surface area contributed by atoms with Crippen molar-refractivity contribution in [2.45, 2.75) is 39.6 Å². The van der Waals surface area contributed by atoms with Crippen LogP contribution in [0.2, 0.25) is 0 Å². The first-order chi connectivity index (χ1) is 5.20. The van der Waals surface area contributed by atoms with Gasteiger partial charge in [0.1, 0.15) is 0 Å². The summed E-state index contributed by atoms with van der Waals surface area (Å²) in [5.74, 6) is 0. The Morgan fingerprint density at radius 3 is 2.45 bits per heavy atom. The van der Waals surface area contributed by atoms with Crippen molar-refractivity contribution in [3.63, 3.8) is 0 Å². The molecule has 0 saturated heterocycles. The van der Waals surface area contributed by atoms with E-state index in [2.05, 4.69) is 0 Å². The Kier molecular flexibility index (Phi) is 6.51. The van der Waals surface area contributed by atoms with Crippen LogP contribution in [0, 0.1) is 0 Å². The molecule has 0 heterocycles. The lowest BCUT2D eigenvalue weighted by molar-refractivity contribution is -0.161. The minimum atomic E-state index is -0.773. The maximum atomic E-state index is 9.13. The summed E-state index contributed by atoms with van der Waals surface area (Å²) in [6, 6.07) is 0. The van der Waals surface area contributed by atoms with Gasteiger partial charge in [-0.05, 0) is 20.3 Å². The Bertz CT molecular complexity index is 85.4. The summed E-state index contributed by atoms with van der Waals surface area (Å²) >= 11 is 0. The molecule has 0 aromatic rings. The summed E-state index contributed by atoms with van der Waals surface area (Å²) in [6.45, 7) is 6.70. The third-order valence-electron chi connectivity index (χ3n) is 1.43. The van der Waals surface area contributed by atoms with E-state index in [1.165, 1.54) is 0 Å². The lowest BCUT2D eigenvalue weighted by atomic mass is 10.3. The second kappa shape index (κ2) is 6.58. The van der Waals surface area contributed by atoms with Crippen LogP contribution >= 0.6 is 0 Å². The van der Waals surface area contributed by atoms with Crippen LogP contribution in [0.25, 0.3) is 0 Å². The highest BCUT2D eigenvalue weighted by molar-refractivity contribution is 4.46. The number of aliphatic hydroxyl groups is 1. The van der Waals surface area contributed by atoms with Gasteiger partial charge in [0, 0.05) is 6.61 Å². The molecule has 11 heavy (non-hydrogen) atoms. The van der Waals surface area contributed by atoms with Gasteiger partial charge in [-0.3, -0.25) is 0 Å². The van der Waals surface area contributed by atoms with Crippen molar-refractivity contribution >= 4 is 0 Å². The van der Waals surface area contributed by atoms with Gasteiger partial charge in [0.05, 0.1) is 12.7 Å². The zero-order valence-corrected chi connectivity index (χ0v) is 7.54. The predicted molar refractivity (Wildman–Crippen MR) is 43.3 cm³/mol. The molecule has 68 valence electrons. The topological polar surface area (TPSA) is 38.7 Å². The van der Waals surface area contributed by atoms with Crippen LogP contribution < -0.4 is 0 Å². The highest BCUT2D eigenvalue weighted by Gasteiger charge is 2.07. The van der Waals surface area contributed by atoms with Crippen LogP contribution in [-0.4, -0.2) is 30.7 Å². The second-order valence-corrected chi connectivity index (χ2v) is 2.47. The van der Waals surface area contributed by atoms with Gasteiger partial charge in [-0.15, -0.1) is 0 Å². The third kappa shape index (κ3) is 6.28. The SMILES string of the molecule is CCOCC(O)OC(C)CC. The lowest BCUT2D eigenvalue weighted by Gasteiger charge is -2.16. The van der Waals surface area contributed by atoms with Gasteiger partial charge in [-0.25, -0.2) is 0 Å². The van der Waals surface area contributed by atoms with Gasteiger partial charge in [-0.2, -0.15) is 0 Å². The Morgan fingerprint density at radius 2 is 2.00 bits per heavy atom. The van der Waals surface area contributed by atoms with Crippen molar-refractivity contribution in [3.8, 4) is 0 Å². The van der Waals surface area contributed by atoms with E-state index >= 15 is 0 Å². The van der Waals surface area contributed by atoms with Crippen LogP contribution in [0.15, 0.2) is 0 Å². The molecule has 3 nitrogen and oxygen atoms in total. The van der Waals surface area contributed by atoms with E-state index in [0.29, 0.717) is 6.61 Å². The molecule has 0 spiro atoms. The van der Waals surface area contributed by atoms with Crippen molar-refractivity contribution in [3.05, 3.63) is 0 Å². The summed E-state index contributed by atoms with van der Waals surface area (Å²) in [5.41, 5.74) is 0. The van der Waals surface area contributed by atoms with E-state index in [1.807, 2.05) is 20.8 Å². The molecule has 0 aromatic heterocycles. The first-order valence-corrected chi connectivity index (χ1v) is 4.12. The van der Waals surface area contributed by atoms with E-state index in [9.17, 15) is 0 Å². The molecule has 0 saturated carbocycles. The van der Waals surface area contributed by atoms with Gasteiger partial charge < -0.3 is 14.6 Å². The maximum absolute atomic E-state index is 9.13. The van der Waals surface area contributed by atoms with E-state index in [0.717, 1.165) is 6.42 Å². The highest BCUT2D eigenvalue weighted by Crippen LogP contribution is 1.99. The van der Waals surface area contributed by atoms with Gasteiger partial charge in [0.25, 0.3) is 0 Å². The zero-order chi connectivity index (χ0) is 8.69. The fourth-order valence-corrected chi connectivity index (χ4v) is 0.622. The van der Waals surface area contributed by atoms with Crippen LogP contribution in [0.5, 0.6) is 0 Å². The predicted octanol–water partition coefficient (Wildman–Crippen LogP) is 1.16. The molecule has 2 unspecified atom stereocenters. The molecule has 0 rings (SSSR count). The smallest absolute Gasteiger partial charge is 0.178 e. The third-order valence-corrected chi connectivity index (χ3v) is 1.43. The van der Waals surface area contributed by atoms with Crippen LogP contribution in [-0.2, 0) is 9.47 Å². The van der Waals surface area contributed by atoms with Crippen molar-refractivity contribution in [2.24, 2.45) is 0 Å². The van der Waals surface area contributed by atoms with Crippen molar-refractivity contribution in [1.82, 2.24) is 0 Å². The largest absolute Gasteiger partial charge is 0.376 e. The van der Waals surface area contributed by atoms with Crippen molar-refractivity contribution in [2.75, 3.05) is 13.2 Å². The quantitative estimate of drug-likeness (QED) is 0.595. The second-order valence-electron chi connectivity index (χ2n) is 2.47. The average Bonchev–Trinajstić information content (AvgIpc) is 2.00. The molecule has 0 aliphatic rings. The van der Waals surface area contributed by atoms with Gasteiger partial charge in [0.2, 0.25) is 0 Å². The monoisotopic (exact) mass is 162 g/mol. The number of hydrogen-bond donors (Lipinski definition) is 1. The van der Waals surface area contributed by atoms with E-state index in [-0.39, 0.29) is 12.7 Å². The summed E-state index contributed by atoms with van der Waals surface area (Å²) in [4.78, 5) is 0. The summed E-state index contributed by atoms with van der Waals surface area (Å²) in [5, 5.41) is 9.13. The van der Waals surface area contributed by atoms with Crippen LogP contribution in [0.4, 0.5) is 0 Å². The molecule has 3 heteroatoms. The molecular weight excluding hydrogens is 144 g/mol. The molecular formula is C8H18O3. The Hall–Kier alpha value is -0.120. The Morgan fingerprint density at radius 1 is 1.36 bits per heavy atom. The minimum absolute atomic E-state index is 0.102. The molecule has 1 N–H and O–H groups in total. The molecule has 0 aliphatic carbocycles. The summed E-state index contributed by atoms with van der Waals surface area (Å²) in [7, 11) is 0. The number of rotatable bonds is 6. The van der Waals surface area contributed by atoms with Crippen LogP contribution in [0.1, 0.15) is 27.2 Å².